The third-order valence-corrected chi connectivity index (χ3v) is 2.98. The molecule has 0 bridgehead atoms. The second kappa shape index (κ2) is 6.97. The van der Waals surface area contributed by atoms with Gasteiger partial charge in [-0.1, -0.05) is 0 Å². The van der Waals surface area contributed by atoms with Crippen molar-refractivity contribution in [3.05, 3.63) is 24.0 Å². The zero-order valence-corrected chi connectivity index (χ0v) is 11.9. The summed E-state index contributed by atoms with van der Waals surface area (Å²) >= 11 is 0. The van der Waals surface area contributed by atoms with E-state index in [-0.39, 0.29) is 17.7 Å². The number of benzene rings is 1. The molecule has 19 heavy (non-hydrogen) atoms. The van der Waals surface area contributed by atoms with Crippen LogP contribution in [0.1, 0.15) is 20.8 Å². The van der Waals surface area contributed by atoms with Crippen LogP contribution in [0.4, 0.5) is 10.1 Å². The van der Waals surface area contributed by atoms with Crippen LogP contribution in [0, 0.1) is 5.82 Å². The number of carbonyl (C=O) groups is 1. The van der Waals surface area contributed by atoms with Gasteiger partial charge in [0.1, 0.15) is 6.04 Å². The summed E-state index contributed by atoms with van der Waals surface area (Å²) in [5.74, 6) is -0.239. The second-order valence-corrected chi connectivity index (χ2v) is 4.23. The summed E-state index contributed by atoms with van der Waals surface area (Å²) in [6, 6.07) is 4.08. The van der Waals surface area contributed by atoms with Crippen molar-refractivity contribution in [1.82, 2.24) is 4.90 Å². The number of hydrogen-bond acceptors (Lipinski definition) is 3. The number of ether oxygens (including phenoxy) is 1. The van der Waals surface area contributed by atoms with Crippen molar-refractivity contribution in [2.24, 2.45) is 0 Å². The van der Waals surface area contributed by atoms with Crippen LogP contribution < -0.4 is 10.1 Å². The van der Waals surface area contributed by atoms with Crippen molar-refractivity contribution in [2.75, 3.05) is 25.5 Å². The van der Waals surface area contributed by atoms with Crippen molar-refractivity contribution in [1.29, 1.82) is 0 Å². The Balaban J connectivity index is 2.76. The molecular weight excluding hydrogens is 247 g/mol. The number of nitrogens with one attached hydrogen (secondary N) is 1. The predicted octanol–water partition coefficient (Wildman–Crippen LogP) is 2.50. The van der Waals surface area contributed by atoms with E-state index in [0.29, 0.717) is 18.8 Å². The minimum atomic E-state index is -0.421. The molecule has 0 saturated heterocycles. The quantitative estimate of drug-likeness (QED) is 0.862. The van der Waals surface area contributed by atoms with Crippen molar-refractivity contribution in [2.45, 2.75) is 26.8 Å². The lowest BCUT2D eigenvalue weighted by Gasteiger charge is -2.24. The number of likely N-dealkylation sites (N-methyl/N-ethyl adjacent to an activating group) is 1. The minimum Gasteiger partial charge on any atom is -0.494 e. The van der Waals surface area contributed by atoms with Gasteiger partial charge in [-0.05, 0) is 32.9 Å². The summed E-state index contributed by atoms with van der Waals surface area (Å²) in [4.78, 5) is 13.8. The van der Waals surface area contributed by atoms with Gasteiger partial charge in [0.25, 0.3) is 0 Å². The summed E-state index contributed by atoms with van der Waals surface area (Å²) in [6.45, 7) is 7.02. The molecule has 1 aromatic carbocycles. The Kier molecular flexibility index (Phi) is 5.60. The predicted molar refractivity (Wildman–Crippen MR) is 74.0 cm³/mol. The van der Waals surface area contributed by atoms with E-state index in [0.717, 1.165) is 0 Å². The largest absolute Gasteiger partial charge is 0.494 e. The van der Waals surface area contributed by atoms with Gasteiger partial charge in [0.2, 0.25) is 5.91 Å². The Bertz CT molecular complexity index is 433. The van der Waals surface area contributed by atoms with Crippen LogP contribution in [-0.4, -0.2) is 37.0 Å². The Morgan fingerprint density at radius 1 is 1.42 bits per heavy atom. The number of rotatable bonds is 6. The number of anilines is 1. The fourth-order valence-electron chi connectivity index (χ4n) is 1.87. The maximum absolute atomic E-state index is 13.3. The SMILES string of the molecule is CCN(CC)C(=O)C(C)Nc1ccc(F)c(OC)c1. The van der Waals surface area contributed by atoms with E-state index in [9.17, 15) is 9.18 Å². The van der Waals surface area contributed by atoms with Crippen LogP contribution in [0.2, 0.25) is 0 Å². The topological polar surface area (TPSA) is 41.6 Å². The molecule has 1 atom stereocenters. The van der Waals surface area contributed by atoms with Crippen LogP contribution in [-0.2, 0) is 4.79 Å². The van der Waals surface area contributed by atoms with E-state index in [4.69, 9.17) is 4.74 Å². The number of amides is 1. The van der Waals surface area contributed by atoms with E-state index in [1.54, 1.807) is 24.0 Å². The lowest BCUT2D eigenvalue weighted by atomic mass is 10.2. The Labute approximate surface area is 113 Å². The van der Waals surface area contributed by atoms with Crippen molar-refractivity contribution in [3.63, 3.8) is 0 Å². The maximum Gasteiger partial charge on any atom is 0.244 e. The molecule has 1 rings (SSSR count). The van der Waals surface area contributed by atoms with E-state index in [2.05, 4.69) is 5.32 Å². The molecule has 0 fully saturated rings. The average Bonchev–Trinajstić information content (AvgIpc) is 2.42. The molecule has 0 spiro atoms. The fraction of sp³-hybridized carbons (Fsp3) is 0.500. The molecule has 0 aliphatic rings. The van der Waals surface area contributed by atoms with Gasteiger partial charge in [-0.25, -0.2) is 4.39 Å². The third-order valence-electron chi connectivity index (χ3n) is 2.98. The summed E-state index contributed by atoms with van der Waals surface area (Å²) in [5.41, 5.74) is 0.659. The van der Waals surface area contributed by atoms with E-state index in [1.165, 1.54) is 13.2 Å². The molecule has 0 aliphatic heterocycles. The van der Waals surface area contributed by atoms with E-state index >= 15 is 0 Å². The van der Waals surface area contributed by atoms with Crippen LogP contribution >= 0.6 is 0 Å². The number of carbonyl (C=O) groups excluding carboxylic acids is 1. The smallest absolute Gasteiger partial charge is 0.244 e. The standard InChI is InChI=1S/C14H21FN2O2/c1-5-17(6-2)14(18)10(3)16-11-7-8-12(15)13(9-11)19-4/h7-10,16H,5-6H2,1-4H3. The summed E-state index contributed by atoms with van der Waals surface area (Å²) in [7, 11) is 1.41. The first kappa shape index (κ1) is 15.3. The highest BCUT2D eigenvalue weighted by atomic mass is 19.1. The van der Waals surface area contributed by atoms with Crippen LogP contribution in [0.5, 0.6) is 5.75 Å². The number of hydrogen-bond donors (Lipinski definition) is 1. The van der Waals surface area contributed by atoms with Gasteiger partial charge in [-0.15, -0.1) is 0 Å². The lowest BCUT2D eigenvalue weighted by molar-refractivity contribution is -0.131. The van der Waals surface area contributed by atoms with Crippen molar-refractivity contribution >= 4 is 11.6 Å². The first-order valence-electron chi connectivity index (χ1n) is 6.42. The fourth-order valence-corrected chi connectivity index (χ4v) is 1.87. The number of nitrogens with zero attached hydrogens (tertiary/aromatic N) is 1. The van der Waals surface area contributed by atoms with Gasteiger partial charge in [0, 0.05) is 24.8 Å². The molecule has 1 amide bonds. The van der Waals surface area contributed by atoms with Gasteiger partial charge in [-0.2, -0.15) is 0 Å². The Hall–Kier alpha value is -1.78. The first-order valence-corrected chi connectivity index (χ1v) is 6.42. The molecule has 1 N–H and O–H groups in total. The van der Waals surface area contributed by atoms with Gasteiger partial charge < -0.3 is 15.0 Å². The average molecular weight is 268 g/mol. The highest BCUT2D eigenvalue weighted by Gasteiger charge is 2.18. The van der Waals surface area contributed by atoms with Gasteiger partial charge in [0.05, 0.1) is 7.11 Å². The van der Waals surface area contributed by atoms with E-state index < -0.39 is 5.82 Å². The minimum absolute atomic E-state index is 0.0216. The molecule has 0 saturated carbocycles. The summed E-state index contributed by atoms with van der Waals surface area (Å²) < 4.78 is 18.2. The third kappa shape index (κ3) is 3.84. The van der Waals surface area contributed by atoms with Crippen LogP contribution in [0.3, 0.4) is 0 Å². The highest BCUT2D eigenvalue weighted by Crippen LogP contribution is 2.22. The van der Waals surface area contributed by atoms with Gasteiger partial charge in [0.15, 0.2) is 11.6 Å². The number of halogens is 1. The summed E-state index contributed by atoms with van der Waals surface area (Å²) in [6.07, 6.45) is 0. The zero-order valence-electron chi connectivity index (χ0n) is 11.9. The molecule has 0 heterocycles. The molecule has 0 aromatic heterocycles. The normalized spacial score (nSPS) is 11.8. The molecule has 1 aromatic rings. The monoisotopic (exact) mass is 268 g/mol. The molecule has 0 radical (unpaired) electrons. The maximum atomic E-state index is 13.3. The molecule has 1 unspecified atom stereocenters. The number of methoxy groups -OCH3 is 1. The molecule has 0 aliphatic carbocycles. The van der Waals surface area contributed by atoms with Gasteiger partial charge >= 0.3 is 0 Å². The van der Waals surface area contributed by atoms with Gasteiger partial charge in [-0.3, -0.25) is 4.79 Å². The molecule has 4 nitrogen and oxygen atoms in total. The van der Waals surface area contributed by atoms with Crippen molar-refractivity contribution < 1.29 is 13.9 Å². The zero-order chi connectivity index (χ0) is 14.4. The molecule has 106 valence electrons. The van der Waals surface area contributed by atoms with Crippen LogP contribution in [0.15, 0.2) is 18.2 Å². The Morgan fingerprint density at radius 2 is 2.05 bits per heavy atom. The van der Waals surface area contributed by atoms with Crippen molar-refractivity contribution in [3.8, 4) is 5.75 Å². The molecule has 5 heteroatoms. The highest BCUT2D eigenvalue weighted by molar-refractivity contribution is 5.84. The summed E-state index contributed by atoms with van der Waals surface area (Å²) in [5, 5.41) is 3.05. The second-order valence-electron chi connectivity index (χ2n) is 4.23. The molecular formula is C14H21FN2O2. The lowest BCUT2D eigenvalue weighted by Crippen LogP contribution is -2.41. The van der Waals surface area contributed by atoms with E-state index in [1.807, 2.05) is 13.8 Å². The Morgan fingerprint density at radius 3 is 2.58 bits per heavy atom. The first-order chi connectivity index (χ1) is 9.03. The van der Waals surface area contributed by atoms with Crippen LogP contribution in [0.25, 0.3) is 0 Å².